The maximum Gasteiger partial charge on any atom is 0.286 e. The van der Waals surface area contributed by atoms with Gasteiger partial charge in [0, 0.05) is 5.56 Å². The van der Waals surface area contributed by atoms with Gasteiger partial charge in [-0.15, -0.1) is 0 Å². The van der Waals surface area contributed by atoms with E-state index in [1.54, 1.807) is 0 Å². The summed E-state index contributed by atoms with van der Waals surface area (Å²) in [6.45, 7) is -1.21. The van der Waals surface area contributed by atoms with Crippen LogP contribution in [0.4, 0.5) is 13.2 Å². The largest absolute Gasteiger partial charge is 0.286 e. The lowest BCUT2D eigenvalue weighted by Gasteiger charge is -2.16. The lowest BCUT2D eigenvalue weighted by molar-refractivity contribution is 0.00180. The lowest BCUT2D eigenvalue weighted by atomic mass is 10.1. The van der Waals surface area contributed by atoms with Crippen LogP contribution in [0.25, 0.3) is 0 Å². The van der Waals surface area contributed by atoms with Gasteiger partial charge < -0.3 is 0 Å². The molecule has 0 aliphatic carbocycles. The first kappa shape index (κ1) is 12.9. The van der Waals surface area contributed by atoms with Crippen molar-refractivity contribution in [1.29, 1.82) is 0 Å². The Morgan fingerprint density at radius 3 is 2.50 bits per heavy atom. The summed E-state index contributed by atoms with van der Waals surface area (Å²) >= 11 is 0. The first-order valence-electron chi connectivity index (χ1n) is 4.12. The summed E-state index contributed by atoms with van der Waals surface area (Å²) in [5.74, 6) is -4.35. The minimum absolute atomic E-state index is 0.622. The van der Waals surface area contributed by atoms with Crippen LogP contribution in [-0.4, -0.2) is 15.0 Å². The van der Waals surface area contributed by atoms with Crippen LogP contribution in [0.15, 0.2) is 24.3 Å². The molecule has 1 rings (SSSR count). The highest BCUT2D eigenvalue weighted by atomic mass is 32.2. The van der Waals surface area contributed by atoms with Crippen LogP contribution in [0.1, 0.15) is 5.56 Å². The topological polar surface area (TPSA) is 72.2 Å². The van der Waals surface area contributed by atoms with Gasteiger partial charge in [0.25, 0.3) is 16.1 Å². The van der Waals surface area contributed by atoms with Crippen molar-refractivity contribution in [2.24, 2.45) is 5.14 Å². The zero-order valence-corrected chi connectivity index (χ0v) is 8.77. The molecule has 0 aromatic heterocycles. The number of hydrogen-bond acceptors (Lipinski definition) is 2. The van der Waals surface area contributed by atoms with E-state index in [1.807, 2.05) is 0 Å². The van der Waals surface area contributed by atoms with Gasteiger partial charge in [0.05, 0.1) is 6.54 Å². The fourth-order valence-corrected chi connectivity index (χ4v) is 1.39. The molecule has 0 heterocycles. The summed E-state index contributed by atoms with van der Waals surface area (Å²) in [5, 5.41) is 4.50. The molecule has 0 aliphatic heterocycles. The Kier molecular flexibility index (Phi) is 3.56. The molecule has 0 radical (unpaired) electrons. The molecule has 0 spiro atoms. The van der Waals surface area contributed by atoms with Crippen molar-refractivity contribution in [2.45, 2.75) is 5.92 Å². The van der Waals surface area contributed by atoms with Gasteiger partial charge in [0.15, 0.2) is 0 Å². The summed E-state index contributed by atoms with van der Waals surface area (Å²) in [4.78, 5) is 0. The zero-order chi connectivity index (χ0) is 12.4. The van der Waals surface area contributed by atoms with Crippen LogP contribution >= 0.6 is 0 Å². The first-order chi connectivity index (χ1) is 7.21. The van der Waals surface area contributed by atoms with Crippen molar-refractivity contribution in [3.63, 3.8) is 0 Å². The number of alkyl halides is 2. The van der Waals surface area contributed by atoms with Gasteiger partial charge in [0.2, 0.25) is 0 Å². The third kappa shape index (κ3) is 3.80. The second-order valence-electron chi connectivity index (χ2n) is 3.08. The van der Waals surface area contributed by atoms with Crippen molar-refractivity contribution in [3.8, 4) is 0 Å². The Morgan fingerprint density at radius 1 is 1.38 bits per heavy atom. The molecule has 0 aliphatic rings. The number of rotatable bonds is 4. The molecule has 1 aromatic carbocycles. The molecule has 0 saturated heterocycles. The smallest absolute Gasteiger partial charge is 0.216 e. The number of nitrogens with two attached hydrogens (primary N) is 1. The maximum atomic E-state index is 13.3. The van der Waals surface area contributed by atoms with E-state index >= 15 is 0 Å². The quantitative estimate of drug-likeness (QED) is 0.830. The Hall–Kier alpha value is -1.12. The highest BCUT2D eigenvalue weighted by Crippen LogP contribution is 2.27. The van der Waals surface area contributed by atoms with Gasteiger partial charge in [-0.2, -0.15) is 21.9 Å². The predicted octanol–water partition coefficient (Wildman–Crippen LogP) is 0.711. The van der Waals surface area contributed by atoms with E-state index in [0.29, 0.717) is 6.07 Å². The average Bonchev–Trinajstić information content (AvgIpc) is 2.14. The molecule has 3 N–H and O–H groups in total. The van der Waals surface area contributed by atoms with Crippen LogP contribution in [0.3, 0.4) is 0 Å². The molecule has 16 heavy (non-hydrogen) atoms. The van der Waals surface area contributed by atoms with Crippen LogP contribution in [0.2, 0.25) is 0 Å². The molecule has 0 amide bonds. The number of nitrogens with one attached hydrogen (secondary N) is 1. The molecule has 0 unspecified atom stereocenters. The predicted molar refractivity (Wildman–Crippen MR) is 51.4 cm³/mol. The normalized spacial score (nSPS) is 12.8. The minimum Gasteiger partial charge on any atom is -0.216 e. The van der Waals surface area contributed by atoms with Gasteiger partial charge in [-0.25, -0.2) is 9.53 Å². The van der Waals surface area contributed by atoms with E-state index in [0.717, 1.165) is 18.2 Å². The van der Waals surface area contributed by atoms with Gasteiger partial charge in [-0.05, 0) is 12.1 Å². The number of halogens is 3. The third-order valence-corrected chi connectivity index (χ3v) is 2.29. The van der Waals surface area contributed by atoms with Gasteiger partial charge >= 0.3 is 0 Å². The van der Waals surface area contributed by atoms with Gasteiger partial charge in [0.1, 0.15) is 5.82 Å². The number of hydrogen-bond donors (Lipinski definition) is 2. The van der Waals surface area contributed by atoms with E-state index < -0.39 is 34.1 Å². The molecule has 8 heteroatoms. The summed E-state index contributed by atoms with van der Waals surface area (Å²) < 4.78 is 61.6. The monoisotopic (exact) mass is 254 g/mol. The van der Waals surface area contributed by atoms with Crippen molar-refractivity contribution in [3.05, 3.63) is 35.6 Å². The van der Waals surface area contributed by atoms with Crippen LogP contribution in [0, 0.1) is 5.82 Å². The molecule has 90 valence electrons. The summed E-state index contributed by atoms with van der Waals surface area (Å²) in [5.41, 5.74) is -0.622. The average molecular weight is 254 g/mol. The Bertz CT molecular complexity index is 476. The maximum absolute atomic E-state index is 13.3. The van der Waals surface area contributed by atoms with Crippen molar-refractivity contribution in [1.82, 2.24) is 4.72 Å². The van der Waals surface area contributed by atoms with E-state index in [9.17, 15) is 21.6 Å². The summed E-state index contributed by atoms with van der Waals surface area (Å²) in [7, 11) is -4.20. The van der Waals surface area contributed by atoms with Crippen molar-refractivity contribution < 1.29 is 21.6 Å². The fraction of sp³-hybridized carbons (Fsp3) is 0.250. The highest BCUT2D eigenvalue weighted by Gasteiger charge is 2.32. The van der Waals surface area contributed by atoms with E-state index in [2.05, 4.69) is 5.14 Å². The third-order valence-electron chi connectivity index (χ3n) is 1.74. The summed E-state index contributed by atoms with van der Waals surface area (Å²) in [6, 6.07) is 3.74. The second kappa shape index (κ2) is 4.40. The van der Waals surface area contributed by atoms with Crippen LogP contribution in [-0.2, 0) is 16.1 Å². The molecule has 1 aromatic rings. The lowest BCUT2D eigenvalue weighted by Crippen LogP contribution is -2.38. The zero-order valence-electron chi connectivity index (χ0n) is 7.95. The fourth-order valence-electron chi connectivity index (χ4n) is 1.01. The van der Waals surface area contributed by atoms with E-state index in [1.165, 1.54) is 4.72 Å². The second-order valence-corrected chi connectivity index (χ2v) is 4.46. The van der Waals surface area contributed by atoms with Crippen LogP contribution in [0.5, 0.6) is 0 Å². The Morgan fingerprint density at radius 2 is 2.00 bits per heavy atom. The minimum atomic E-state index is -4.20. The molecular formula is C8H9F3N2O2S. The van der Waals surface area contributed by atoms with E-state index in [4.69, 9.17) is 0 Å². The van der Waals surface area contributed by atoms with Crippen molar-refractivity contribution >= 4 is 10.2 Å². The van der Waals surface area contributed by atoms with Crippen LogP contribution < -0.4 is 9.86 Å². The SMILES string of the molecule is NS(=O)(=O)NCC(F)(F)c1cccc(F)c1. The molecular weight excluding hydrogens is 245 g/mol. The molecule has 0 fully saturated rings. The van der Waals surface area contributed by atoms with Gasteiger partial charge in [-0.3, -0.25) is 0 Å². The molecule has 0 atom stereocenters. The molecule has 0 saturated carbocycles. The summed E-state index contributed by atoms with van der Waals surface area (Å²) in [6.07, 6.45) is 0. The molecule has 4 nitrogen and oxygen atoms in total. The molecule has 0 bridgehead atoms. The standard InChI is InChI=1S/C8H9F3N2O2S/c9-7-3-1-2-6(4-7)8(10,11)5-13-16(12,14)15/h1-4,13H,5H2,(H2,12,14,15). The van der Waals surface area contributed by atoms with Gasteiger partial charge in [-0.1, -0.05) is 12.1 Å². The van der Waals surface area contributed by atoms with E-state index in [-0.39, 0.29) is 0 Å². The Labute approximate surface area is 90.4 Å². The highest BCUT2D eigenvalue weighted by molar-refractivity contribution is 7.87. The Balaban J connectivity index is 2.85. The van der Waals surface area contributed by atoms with Crippen molar-refractivity contribution in [2.75, 3.05) is 6.54 Å². The number of benzene rings is 1. The first-order valence-corrected chi connectivity index (χ1v) is 5.66.